The summed E-state index contributed by atoms with van der Waals surface area (Å²) in [6.45, 7) is 1.86. The molecule has 0 aliphatic rings. The van der Waals surface area contributed by atoms with Crippen LogP contribution in [-0.2, 0) is 29.1 Å². The molecule has 1 atom stereocenters. The van der Waals surface area contributed by atoms with Crippen molar-refractivity contribution in [3.63, 3.8) is 0 Å². The lowest BCUT2D eigenvalue weighted by atomic mass is 10.3. The molecule has 0 unspecified atom stereocenters. The van der Waals surface area contributed by atoms with Crippen LogP contribution in [0.4, 0.5) is 15.8 Å². The van der Waals surface area contributed by atoms with Crippen molar-refractivity contribution in [2.45, 2.75) is 24.8 Å². The van der Waals surface area contributed by atoms with E-state index >= 15 is 0 Å². The van der Waals surface area contributed by atoms with Gasteiger partial charge in [-0.2, -0.15) is 4.72 Å². The standard InChI is InChI=1S/C19H19ClFN3O6S/c1-11(24-31(28,29)15-6-4-14(5-7-15)22-12(2)25)19(27)30-10-18(26)23-17-8-3-13(21)9-16(17)20/h3-9,11,24H,10H2,1-2H3,(H,22,25)(H,23,26)/t11-/m0/s1. The van der Waals surface area contributed by atoms with Crippen LogP contribution in [-0.4, -0.2) is 38.9 Å². The number of halogens is 2. The van der Waals surface area contributed by atoms with Gasteiger partial charge in [-0.25, -0.2) is 12.8 Å². The van der Waals surface area contributed by atoms with Crippen LogP contribution in [0.5, 0.6) is 0 Å². The Balaban J connectivity index is 1.90. The number of hydrogen-bond acceptors (Lipinski definition) is 6. The summed E-state index contributed by atoms with van der Waals surface area (Å²) in [5, 5.41) is 4.80. The van der Waals surface area contributed by atoms with Crippen molar-refractivity contribution >= 4 is 50.8 Å². The third-order valence-corrected chi connectivity index (χ3v) is 5.59. The summed E-state index contributed by atoms with van der Waals surface area (Å²) in [6.07, 6.45) is 0. The zero-order valence-corrected chi connectivity index (χ0v) is 18.0. The second-order valence-electron chi connectivity index (χ2n) is 6.33. The highest BCUT2D eigenvalue weighted by molar-refractivity contribution is 7.89. The first-order chi connectivity index (χ1) is 14.5. The maximum absolute atomic E-state index is 13.0. The number of carbonyl (C=O) groups excluding carboxylic acids is 3. The predicted molar refractivity (Wildman–Crippen MR) is 112 cm³/mol. The van der Waals surface area contributed by atoms with E-state index in [2.05, 4.69) is 15.4 Å². The third-order valence-electron chi connectivity index (χ3n) is 3.72. The Hall–Kier alpha value is -3.02. The molecule has 2 aromatic carbocycles. The fourth-order valence-corrected chi connectivity index (χ4v) is 3.72. The van der Waals surface area contributed by atoms with Crippen molar-refractivity contribution in [2.24, 2.45) is 0 Å². The minimum absolute atomic E-state index is 0.0367. The smallest absolute Gasteiger partial charge is 0.324 e. The molecule has 2 aromatic rings. The summed E-state index contributed by atoms with van der Waals surface area (Å²) in [4.78, 5) is 34.8. The van der Waals surface area contributed by atoms with Crippen LogP contribution < -0.4 is 15.4 Å². The van der Waals surface area contributed by atoms with Gasteiger partial charge in [0.2, 0.25) is 15.9 Å². The van der Waals surface area contributed by atoms with Crippen LogP contribution in [0.2, 0.25) is 5.02 Å². The Morgan fingerprint density at radius 3 is 2.32 bits per heavy atom. The average Bonchev–Trinajstić information content (AvgIpc) is 2.68. The molecule has 2 amide bonds. The summed E-state index contributed by atoms with van der Waals surface area (Å²) in [5.41, 5.74) is 0.534. The minimum Gasteiger partial charge on any atom is -0.454 e. The molecule has 2 rings (SSSR count). The normalized spacial score (nSPS) is 12.0. The van der Waals surface area contributed by atoms with Crippen LogP contribution in [0.1, 0.15) is 13.8 Å². The lowest BCUT2D eigenvalue weighted by Crippen LogP contribution is -2.40. The summed E-state index contributed by atoms with van der Waals surface area (Å²) in [6, 6.07) is 7.34. The van der Waals surface area contributed by atoms with E-state index in [1.807, 2.05) is 0 Å². The van der Waals surface area contributed by atoms with Crippen LogP contribution in [0.25, 0.3) is 0 Å². The average molecular weight is 472 g/mol. The van der Waals surface area contributed by atoms with Crippen LogP contribution >= 0.6 is 11.6 Å². The lowest BCUT2D eigenvalue weighted by Gasteiger charge is -2.14. The predicted octanol–water partition coefficient (Wildman–Crippen LogP) is 2.29. The van der Waals surface area contributed by atoms with E-state index in [0.29, 0.717) is 5.69 Å². The lowest BCUT2D eigenvalue weighted by molar-refractivity contribution is -0.148. The van der Waals surface area contributed by atoms with E-state index in [4.69, 9.17) is 16.3 Å². The fraction of sp³-hybridized carbons (Fsp3) is 0.211. The maximum Gasteiger partial charge on any atom is 0.324 e. The molecule has 0 aromatic heterocycles. The van der Waals surface area contributed by atoms with E-state index < -0.39 is 40.4 Å². The largest absolute Gasteiger partial charge is 0.454 e. The van der Waals surface area contributed by atoms with Gasteiger partial charge in [-0.15, -0.1) is 0 Å². The van der Waals surface area contributed by atoms with Crippen molar-refractivity contribution in [2.75, 3.05) is 17.2 Å². The van der Waals surface area contributed by atoms with Crippen LogP contribution in [0.3, 0.4) is 0 Å². The summed E-state index contributed by atoms with van der Waals surface area (Å²) >= 11 is 5.79. The first kappa shape index (κ1) is 24.3. The van der Waals surface area contributed by atoms with Gasteiger partial charge in [0.1, 0.15) is 11.9 Å². The van der Waals surface area contributed by atoms with E-state index in [9.17, 15) is 27.2 Å². The van der Waals surface area contributed by atoms with Crippen LogP contribution in [0, 0.1) is 5.82 Å². The van der Waals surface area contributed by atoms with Gasteiger partial charge in [-0.3, -0.25) is 14.4 Å². The summed E-state index contributed by atoms with van der Waals surface area (Å²) in [5.74, 6) is -2.62. The minimum atomic E-state index is -4.06. The number of amides is 2. The Labute approximate surface area is 183 Å². The van der Waals surface area contributed by atoms with Gasteiger partial charge in [0.05, 0.1) is 15.6 Å². The number of benzene rings is 2. The quantitative estimate of drug-likeness (QED) is 0.506. The van der Waals surface area contributed by atoms with E-state index in [-0.39, 0.29) is 21.5 Å². The number of hydrogen-bond donors (Lipinski definition) is 3. The molecule has 31 heavy (non-hydrogen) atoms. The van der Waals surface area contributed by atoms with Crippen molar-refractivity contribution in [1.29, 1.82) is 0 Å². The van der Waals surface area contributed by atoms with Gasteiger partial charge < -0.3 is 15.4 Å². The van der Waals surface area contributed by atoms with Crippen molar-refractivity contribution < 1.29 is 31.9 Å². The highest BCUT2D eigenvalue weighted by atomic mass is 35.5. The maximum atomic E-state index is 13.0. The molecule has 0 aliphatic carbocycles. The zero-order chi connectivity index (χ0) is 23.2. The number of rotatable bonds is 8. The van der Waals surface area contributed by atoms with E-state index in [0.717, 1.165) is 12.1 Å². The number of ether oxygens (including phenoxy) is 1. The van der Waals surface area contributed by atoms with Crippen LogP contribution in [0.15, 0.2) is 47.4 Å². The highest BCUT2D eigenvalue weighted by Gasteiger charge is 2.24. The van der Waals surface area contributed by atoms with E-state index in [1.165, 1.54) is 44.2 Å². The molecule has 0 heterocycles. The Morgan fingerprint density at radius 1 is 1.10 bits per heavy atom. The first-order valence-corrected chi connectivity index (χ1v) is 10.7. The summed E-state index contributed by atoms with van der Waals surface area (Å²) < 4.78 is 44.7. The molecule has 9 nitrogen and oxygen atoms in total. The Kier molecular flexibility index (Phi) is 8.08. The van der Waals surface area contributed by atoms with Crippen molar-refractivity contribution in [1.82, 2.24) is 4.72 Å². The third kappa shape index (κ3) is 7.31. The molecule has 0 radical (unpaired) electrons. The molecule has 0 bridgehead atoms. The van der Waals surface area contributed by atoms with Gasteiger partial charge in [0.15, 0.2) is 6.61 Å². The topological polar surface area (TPSA) is 131 Å². The Morgan fingerprint density at radius 2 is 1.74 bits per heavy atom. The van der Waals surface area contributed by atoms with Gasteiger partial charge in [0, 0.05) is 12.6 Å². The molecule has 0 saturated carbocycles. The first-order valence-electron chi connectivity index (χ1n) is 8.79. The summed E-state index contributed by atoms with van der Waals surface area (Å²) in [7, 11) is -4.06. The fourth-order valence-electron chi connectivity index (χ4n) is 2.31. The molecule has 3 N–H and O–H groups in total. The molecule has 0 saturated heterocycles. The van der Waals surface area contributed by atoms with Gasteiger partial charge in [0.25, 0.3) is 5.91 Å². The molecular formula is C19H19ClFN3O6S. The SMILES string of the molecule is CC(=O)Nc1ccc(S(=O)(=O)N[C@@H](C)C(=O)OCC(=O)Nc2ccc(F)cc2Cl)cc1. The molecule has 0 fully saturated rings. The second kappa shape index (κ2) is 10.3. The van der Waals surface area contributed by atoms with Crippen molar-refractivity contribution in [3.8, 4) is 0 Å². The number of esters is 1. The Bertz CT molecular complexity index is 1090. The number of sulfonamides is 1. The zero-order valence-electron chi connectivity index (χ0n) is 16.4. The molecule has 12 heteroatoms. The molecule has 166 valence electrons. The monoisotopic (exact) mass is 471 g/mol. The number of anilines is 2. The van der Waals surface area contributed by atoms with Gasteiger partial charge in [-0.1, -0.05) is 11.6 Å². The van der Waals surface area contributed by atoms with Crippen molar-refractivity contribution in [3.05, 3.63) is 53.3 Å². The molecule has 0 aliphatic heterocycles. The number of nitrogens with one attached hydrogen (secondary N) is 3. The number of carbonyl (C=O) groups is 3. The van der Waals surface area contributed by atoms with E-state index in [1.54, 1.807) is 0 Å². The highest BCUT2D eigenvalue weighted by Crippen LogP contribution is 2.22. The second-order valence-corrected chi connectivity index (χ2v) is 8.45. The van der Waals surface area contributed by atoms with Gasteiger partial charge >= 0.3 is 5.97 Å². The van der Waals surface area contributed by atoms with Gasteiger partial charge in [-0.05, 0) is 49.4 Å². The molecular weight excluding hydrogens is 453 g/mol. The molecule has 0 spiro atoms.